The number of aromatic nitrogens is 2. The molecule has 3 heterocycles. The topological polar surface area (TPSA) is 89.9 Å². The fraction of sp³-hybridized carbons (Fsp3) is 0.200. The number of nitrogens with one attached hydrogen (secondary N) is 2. The molecule has 2 aliphatic heterocycles. The molecule has 2 N–H and O–H groups in total. The van der Waals surface area contributed by atoms with Gasteiger partial charge in [0.25, 0.3) is 5.91 Å². The average molecular weight is 588 g/mol. The first-order chi connectivity index (χ1) is 21.6. The monoisotopic (exact) mass is 587 g/mol. The minimum atomic E-state index is -0.153. The van der Waals surface area contributed by atoms with Crippen LogP contribution in [0.25, 0.3) is 16.8 Å². The Labute approximate surface area is 256 Å². The zero-order valence-corrected chi connectivity index (χ0v) is 24.5. The Morgan fingerprint density at radius 3 is 2.48 bits per heavy atom. The molecule has 0 unspecified atom stereocenters. The van der Waals surface area contributed by atoms with E-state index in [2.05, 4.69) is 38.7 Å². The van der Waals surface area contributed by atoms with Crippen molar-refractivity contribution in [3.8, 4) is 28.3 Å². The molecule has 0 saturated carbocycles. The Bertz CT molecular complexity index is 1780. The molecule has 4 aromatic carbocycles. The van der Waals surface area contributed by atoms with Crippen LogP contribution in [0.3, 0.4) is 0 Å². The number of carbonyl (C=O) groups excluding carboxylic acids is 1. The van der Waals surface area contributed by atoms with Gasteiger partial charge in [0.15, 0.2) is 0 Å². The Morgan fingerprint density at radius 1 is 0.864 bits per heavy atom. The molecule has 0 aliphatic carbocycles. The first-order valence-electron chi connectivity index (χ1n) is 14.7. The molecular weight excluding hydrogens is 554 g/mol. The van der Waals surface area contributed by atoms with Crippen molar-refractivity contribution < 1.29 is 19.0 Å². The summed E-state index contributed by atoms with van der Waals surface area (Å²) in [4.78, 5) is 19.7. The van der Waals surface area contributed by atoms with E-state index in [1.165, 1.54) is 5.69 Å². The van der Waals surface area contributed by atoms with Crippen LogP contribution in [0.1, 0.15) is 15.9 Å². The molecule has 9 heteroatoms. The summed E-state index contributed by atoms with van der Waals surface area (Å²) in [5.41, 5.74) is 8.01. The van der Waals surface area contributed by atoms with E-state index in [0.29, 0.717) is 18.6 Å². The summed E-state index contributed by atoms with van der Waals surface area (Å²) in [5.74, 6) is 1.42. The number of carbonyl (C=O) groups is 1. The highest BCUT2D eigenvalue weighted by atomic mass is 16.5. The van der Waals surface area contributed by atoms with E-state index in [4.69, 9.17) is 14.2 Å². The summed E-state index contributed by atoms with van der Waals surface area (Å²) in [7, 11) is 1.66. The Kier molecular flexibility index (Phi) is 7.60. The van der Waals surface area contributed by atoms with E-state index in [1.54, 1.807) is 19.6 Å². The lowest BCUT2D eigenvalue weighted by atomic mass is 10.0. The number of anilines is 4. The van der Waals surface area contributed by atoms with Gasteiger partial charge in [-0.1, -0.05) is 18.2 Å². The minimum absolute atomic E-state index is 0.153. The predicted molar refractivity (Wildman–Crippen MR) is 172 cm³/mol. The van der Waals surface area contributed by atoms with Crippen molar-refractivity contribution in [2.75, 3.05) is 55.6 Å². The second-order valence-electron chi connectivity index (χ2n) is 10.8. The van der Waals surface area contributed by atoms with Crippen molar-refractivity contribution in [2.24, 2.45) is 0 Å². The van der Waals surface area contributed by atoms with E-state index >= 15 is 0 Å². The Morgan fingerprint density at radius 2 is 1.68 bits per heavy atom. The third-order valence-electron chi connectivity index (χ3n) is 8.03. The van der Waals surface area contributed by atoms with Gasteiger partial charge < -0.3 is 34.3 Å². The van der Waals surface area contributed by atoms with Gasteiger partial charge in [0, 0.05) is 37.6 Å². The maximum Gasteiger partial charge on any atom is 0.257 e. The van der Waals surface area contributed by atoms with Crippen LogP contribution in [0, 0.1) is 0 Å². The zero-order valence-electron chi connectivity index (χ0n) is 24.5. The first kappa shape index (κ1) is 27.5. The second-order valence-corrected chi connectivity index (χ2v) is 10.8. The van der Waals surface area contributed by atoms with E-state index in [1.807, 2.05) is 71.4 Å². The van der Waals surface area contributed by atoms with Crippen molar-refractivity contribution >= 4 is 28.7 Å². The van der Waals surface area contributed by atoms with Gasteiger partial charge in [0.05, 0.1) is 61.6 Å². The van der Waals surface area contributed by atoms with Crippen molar-refractivity contribution in [1.82, 2.24) is 9.55 Å². The normalized spacial score (nSPS) is 14.1. The van der Waals surface area contributed by atoms with Crippen LogP contribution in [0.4, 0.5) is 22.7 Å². The molecule has 7 rings (SSSR count). The van der Waals surface area contributed by atoms with E-state index in [0.717, 1.165) is 77.2 Å². The fourth-order valence-corrected chi connectivity index (χ4v) is 5.65. The summed E-state index contributed by atoms with van der Waals surface area (Å²) >= 11 is 0. The molecule has 0 radical (unpaired) electrons. The molecule has 222 valence electrons. The number of imidazole rings is 1. The molecule has 1 fully saturated rings. The number of fused-ring (bicyclic) bond motifs is 2. The highest BCUT2D eigenvalue weighted by Gasteiger charge is 2.20. The smallest absolute Gasteiger partial charge is 0.257 e. The second kappa shape index (κ2) is 12.1. The van der Waals surface area contributed by atoms with Crippen molar-refractivity contribution in [2.45, 2.75) is 6.42 Å². The van der Waals surface area contributed by atoms with Gasteiger partial charge in [-0.15, -0.1) is 0 Å². The average Bonchev–Trinajstić information content (AvgIpc) is 3.57. The predicted octanol–water partition coefficient (Wildman–Crippen LogP) is 6.32. The molecule has 0 bridgehead atoms. The summed E-state index contributed by atoms with van der Waals surface area (Å²) in [5, 5.41) is 6.56. The minimum Gasteiger partial charge on any atom is -0.495 e. The van der Waals surface area contributed by atoms with Crippen molar-refractivity contribution in [3.05, 3.63) is 109 Å². The lowest BCUT2D eigenvalue weighted by Gasteiger charge is -2.28. The van der Waals surface area contributed by atoms with Crippen molar-refractivity contribution in [3.63, 3.8) is 0 Å². The molecular formula is C35H33N5O4. The molecule has 1 amide bonds. The number of rotatable bonds is 8. The highest BCUT2D eigenvalue weighted by Crippen LogP contribution is 2.37. The number of hydrogen-bond acceptors (Lipinski definition) is 7. The van der Waals surface area contributed by atoms with Crippen LogP contribution < -0.4 is 25.0 Å². The number of methoxy groups -OCH3 is 1. The Balaban J connectivity index is 1.04. The summed E-state index contributed by atoms with van der Waals surface area (Å²) < 4.78 is 19.1. The van der Waals surface area contributed by atoms with Crippen LogP contribution in [0.2, 0.25) is 0 Å². The van der Waals surface area contributed by atoms with E-state index in [-0.39, 0.29) is 5.91 Å². The maximum absolute atomic E-state index is 13.2. The summed E-state index contributed by atoms with van der Waals surface area (Å²) in [6, 6.07) is 26.2. The molecule has 5 aromatic rings. The first-order valence-corrected chi connectivity index (χ1v) is 14.7. The lowest BCUT2D eigenvalue weighted by Crippen LogP contribution is -2.36. The number of hydrogen-bond donors (Lipinski definition) is 2. The molecule has 0 spiro atoms. The Hall–Kier alpha value is -5.28. The molecule has 44 heavy (non-hydrogen) atoms. The van der Waals surface area contributed by atoms with Gasteiger partial charge >= 0.3 is 0 Å². The van der Waals surface area contributed by atoms with Gasteiger partial charge in [0.2, 0.25) is 0 Å². The zero-order chi connectivity index (χ0) is 29.9. The number of ether oxygens (including phenoxy) is 3. The van der Waals surface area contributed by atoms with Gasteiger partial charge in [-0.25, -0.2) is 4.98 Å². The van der Waals surface area contributed by atoms with Crippen LogP contribution >= 0.6 is 0 Å². The van der Waals surface area contributed by atoms with Gasteiger partial charge in [-0.2, -0.15) is 0 Å². The summed E-state index contributed by atoms with van der Waals surface area (Å²) in [6.07, 6.45) is 6.06. The van der Waals surface area contributed by atoms with E-state index < -0.39 is 0 Å². The number of benzene rings is 4. The molecule has 1 saturated heterocycles. The standard InChI is InChI=1S/C35H33N5O4/c1-42-34-22-26(4-11-33(34)40-14-13-36-23-40)25-3-9-29-31(21-25)37-30-10-2-24(20-32(30)38-35(29)41)12-17-44-28-7-5-27(6-8-28)39-15-18-43-19-16-39/h2-11,13-14,20-23,37H,12,15-19H2,1H3,(H,38,41). The lowest BCUT2D eigenvalue weighted by molar-refractivity contribution is 0.102. The van der Waals surface area contributed by atoms with Crippen molar-refractivity contribution in [1.29, 1.82) is 0 Å². The number of nitrogens with zero attached hydrogens (tertiary/aromatic N) is 3. The molecule has 1 aromatic heterocycles. The van der Waals surface area contributed by atoms with Gasteiger partial charge in [-0.3, -0.25) is 4.79 Å². The van der Waals surface area contributed by atoms with E-state index in [9.17, 15) is 4.79 Å². The number of amides is 1. The third kappa shape index (κ3) is 5.69. The molecule has 2 aliphatic rings. The molecule has 9 nitrogen and oxygen atoms in total. The van der Waals surface area contributed by atoms with Crippen LogP contribution in [0.15, 0.2) is 97.6 Å². The fourth-order valence-electron chi connectivity index (χ4n) is 5.65. The van der Waals surface area contributed by atoms with Gasteiger partial charge in [-0.05, 0) is 77.4 Å². The largest absolute Gasteiger partial charge is 0.495 e. The third-order valence-corrected chi connectivity index (χ3v) is 8.03. The maximum atomic E-state index is 13.2. The molecule has 0 atom stereocenters. The summed E-state index contributed by atoms with van der Waals surface area (Å²) in [6.45, 7) is 3.88. The van der Waals surface area contributed by atoms with Crippen LogP contribution in [-0.2, 0) is 11.2 Å². The van der Waals surface area contributed by atoms with Gasteiger partial charge in [0.1, 0.15) is 11.5 Å². The van der Waals surface area contributed by atoms with Crippen LogP contribution in [0.5, 0.6) is 11.5 Å². The van der Waals surface area contributed by atoms with Crippen LogP contribution in [-0.4, -0.2) is 55.5 Å². The highest BCUT2D eigenvalue weighted by molar-refractivity contribution is 6.12. The SMILES string of the molecule is COc1cc(-c2ccc3c(c2)Nc2ccc(CCOc4ccc(N5CCOCC5)cc4)cc2NC3=O)ccc1-n1ccnc1. The number of morpholine rings is 1. The quantitative estimate of drug-likeness (QED) is 0.220.